The minimum absolute atomic E-state index is 0.340. The first kappa shape index (κ1) is 13.8. The zero-order chi connectivity index (χ0) is 11.1. The molecule has 0 bridgehead atoms. The molecule has 0 aliphatic carbocycles. The summed E-state index contributed by atoms with van der Waals surface area (Å²) in [7, 11) is -1.31. The van der Waals surface area contributed by atoms with E-state index in [4.69, 9.17) is 0 Å². The van der Waals surface area contributed by atoms with Gasteiger partial charge < -0.3 is 0 Å². The average molecular weight is 547 g/mol. The van der Waals surface area contributed by atoms with Crippen molar-refractivity contribution in [1.29, 1.82) is 0 Å². The molecule has 1 atom stereocenters. The first-order chi connectivity index (χ1) is 7.03. The molecule has 0 amide bonds. The van der Waals surface area contributed by atoms with Crippen LogP contribution in [0.3, 0.4) is 0 Å². The van der Waals surface area contributed by atoms with E-state index in [0.717, 1.165) is 0 Å². The van der Waals surface area contributed by atoms with E-state index in [1.807, 2.05) is 0 Å². The molecule has 1 saturated heterocycles. The van der Waals surface area contributed by atoms with Crippen molar-refractivity contribution in [3.63, 3.8) is 0 Å². The number of hydrogen-bond donors (Lipinski definition) is 0. The van der Waals surface area contributed by atoms with Crippen molar-refractivity contribution >= 4 is 86.8 Å². The summed E-state index contributed by atoms with van der Waals surface area (Å²) in [4.78, 5) is 2.47. The molecule has 2 aliphatic heterocycles. The minimum atomic E-state index is -1.31. The molecule has 86 valence electrons. The number of hydrogen-bond acceptors (Lipinski definition) is 0. The molecule has 2 heterocycles. The van der Waals surface area contributed by atoms with Crippen LogP contribution in [0.25, 0.3) is 0 Å². The van der Waals surface area contributed by atoms with Gasteiger partial charge in [-0.1, -0.05) is 0 Å². The number of rotatable bonds is 1. The molecule has 0 aromatic rings. The van der Waals surface area contributed by atoms with Gasteiger partial charge in [0, 0.05) is 0 Å². The van der Waals surface area contributed by atoms with Gasteiger partial charge >= 0.3 is 134 Å². The molecule has 1 spiro atoms. The van der Waals surface area contributed by atoms with Gasteiger partial charge in [0.1, 0.15) is 0 Å². The second kappa shape index (κ2) is 5.18. The maximum absolute atomic E-state index is 4.08. The second-order valence-electron chi connectivity index (χ2n) is 4.17. The zero-order valence-corrected chi connectivity index (χ0v) is 17.2. The Morgan fingerprint density at radius 2 is 1.87 bits per heavy atom. The fraction of sp³-hybridized carbons (Fsp3) is 0.778. The second-order valence-corrected chi connectivity index (χ2v) is 19.6. The van der Waals surface area contributed by atoms with E-state index < -0.39 is 8.07 Å². The SMILES string of the molecule is BrC1=C[Se]C(Br)(C(Br)Br)[Si]12CCCCC2. The Kier molecular flexibility index (Phi) is 4.77. The van der Waals surface area contributed by atoms with Crippen LogP contribution in [0.4, 0.5) is 0 Å². The molecule has 0 radical (unpaired) electrons. The van der Waals surface area contributed by atoms with E-state index in [2.05, 4.69) is 68.7 Å². The van der Waals surface area contributed by atoms with Crippen molar-refractivity contribution in [3.8, 4) is 0 Å². The van der Waals surface area contributed by atoms with Gasteiger partial charge in [0.2, 0.25) is 0 Å². The normalized spacial score (nSPS) is 34.9. The molecule has 1 fully saturated rings. The van der Waals surface area contributed by atoms with Crippen LogP contribution in [0.1, 0.15) is 19.3 Å². The van der Waals surface area contributed by atoms with Crippen LogP contribution in [0.5, 0.6) is 0 Å². The van der Waals surface area contributed by atoms with Crippen LogP contribution in [-0.4, -0.2) is 29.6 Å². The molecule has 0 saturated carbocycles. The third-order valence-electron chi connectivity index (χ3n) is 3.43. The van der Waals surface area contributed by atoms with E-state index in [0.29, 0.717) is 21.5 Å². The summed E-state index contributed by atoms with van der Waals surface area (Å²) >= 11 is 16.0. The molecule has 0 aromatic heterocycles. The Morgan fingerprint density at radius 1 is 1.27 bits per heavy atom. The zero-order valence-electron chi connectivity index (χ0n) is 8.11. The number of alkyl halides is 3. The molecule has 2 aliphatic rings. The Labute approximate surface area is 132 Å². The van der Waals surface area contributed by atoms with Gasteiger partial charge in [-0.25, -0.2) is 0 Å². The summed E-state index contributed by atoms with van der Waals surface area (Å²) in [6.45, 7) is 0. The summed E-state index contributed by atoms with van der Waals surface area (Å²) in [5, 5.41) is 0. The van der Waals surface area contributed by atoms with E-state index in [1.165, 1.54) is 31.4 Å². The Balaban J connectivity index is 2.35. The predicted molar refractivity (Wildman–Crippen MR) is 85.3 cm³/mol. The predicted octanol–water partition coefficient (Wildman–Crippen LogP) is 4.86. The molecule has 1 unspecified atom stereocenters. The Hall–Kier alpha value is 2.40. The molecular weight excluding hydrogens is 535 g/mol. The van der Waals surface area contributed by atoms with Gasteiger partial charge in [0.25, 0.3) is 0 Å². The van der Waals surface area contributed by atoms with Gasteiger partial charge in [-0.05, 0) is 0 Å². The monoisotopic (exact) mass is 544 g/mol. The first-order valence-corrected chi connectivity index (χ1v) is 12.7. The third kappa shape index (κ3) is 2.19. The van der Waals surface area contributed by atoms with Crippen LogP contribution in [0.15, 0.2) is 9.08 Å². The van der Waals surface area contributed by atoms with Gasteiger partial charge in [-0.15, -0.1) is 0 Å². The molecular formula is C9H12Br4SeSi. The van der Waals surface area contributed by atoms with Crippen molar-refractivity contribution in [3.05, 3.63) is 9.08 Å². The Morgan fingerprint density at radius 3 is 2.40 bits per heavy atom. The summed E-state index contributed by atoms with van der Waals surface area (Å²) in [6, 6.07) is 2.90. The van der Waals surface area contributed by atoms with E-state index in [-0.39, 0.29) is 0 Å². The van der Waals surface area contributed by atoms with E-state index in [9.17, 15) is 0 Å². The van der Waals surface area contributed by atoms with Crippen LogP contribution in [-0.2, 0) is 0 Å². The van der Waals surface area contributed by atoms with Crippen LogP contribution >= 0.6 is 63.7 Å². The molecule has 0 nitrogen and oxygen atoms in total. The molecule has 6 heteroatoms. The summed E-state index contributed by atoms with van der Waals surface area (Å²) in [5.41, 5.74) is 0. The Bertz CT molecular complexity index is 288. The van der Waals surface area contributed by atoms with E-state index in [1.54, 1.807) is 4.11 Å². The van der Waals surface area contributed by atoms with Crippen molar-refractivity contribution in [1.82, 2.24) is 0 Å². The molecule has 0 N–H and O–H groups in total. The van der Waals surface area contributed by atoms with Gasteiger partial charge in [-0.2, -0.15) is 0 Å². The van der Waals surface area contributed by atoms with Crippen molar-refractivity contribution in [2.24, 2.45) is 0 Å². The quantitative estimate of drug-likeness (QED) is 0.326. The molecule has 0 aromatic carbocycles. The van der Waals surface area contributed by atoms with Crippen molar-refractivity contribution in [2.75, 3.05) is 0 Å². The summed E-state index contributed by atoms with van der Waals surface area (Å²) < 4.78 is 2.33. The summed E-state index contributed by atoms with van der Waals surface area (Å²) in [5.74, 6) is 0. The molecule has 15 heavy (non-hydrogen) atoms. The van der Waals surface area contributed by atoms with Crippen LogP contribution in [0.2, 0.25) is 12.1 Å². The summed E-state index contributed by atoms with van der Waals surface area (Å²) in [6.07, 6.45) is 4.27. The number of halogens is 4. The van der Waals surface area contributed by atoms with Gasteiger partial charge in [-0.3, -0.25) is 0 Å². The topological polar surface area (TPSA) is 0 Å². The van der Waals surface area contributed by atoms with Crippen LogP contribution in [0, 0.1) is 0 Å². The molecule has 2 rings (SSSR count). The van der Waals surface area contributed by atoms with Crippen molar-refractivity contribution in [2.45, 2.75) is 37.9 Å². The standard InChI is InChI=1S/C9H12Br4SeSi/c10-7-6-14-9(13,8(11)12)15(7)4-2-1-3-5-15/h6,8H,1-5H2. The van der Waals surface area contributed by atoms with Gasteiger partial charge in [0.05, 0.1) is 0 Å². The maximum atomic E-state index is 4.08. The van der Waals surface area contributed by atoms with Gasteiger partial charge in [0.15, 0.2) is 0 Å². The van der Waals surface area contributed by atoms with Crippen molar-refractivity contribution < 1.29 is 0 Å². The average Bonchev–Trinajstić information content (AvgIpc) is 2.47. The fourth-order valence-corrected chi connectivity index (χ4v) is 23.4. The van der Waals surface area contributed by atoms with Crippen LogP contribution < -0.4 is 0 Å². The first-order valence-electron chi connectivity index (χ1n) is 5.04. The third-order valence-corrected chi connectivity index (χ3v) is 25.7. The van der Waals surface area contributed by atoms with E-state index >= 15 is 0 Å². The fourth-order valence-electron chi connectivity index (χ4n) is 2.52.